The number of ether oxygens (including phenoxy) is 1. The van der Waals surface area contributed by atoms with Crippen LogP contribution in [0.4, 0.5) is 4.39 Å². The summed E-state index contributed by atoms with van der Waals surface area (Å²) in [6.07, 6.45) is 21.1. The maximum atomic E-state index is 14.1. The summed E-state index contributed by atoms with van der Waals surface area (Å²) in [5.74, 6) is 1.43. The van der Waals surface area contributed by atoms with E-state index in [4.69, 9.17) is 4.74 Å². The van der Waals surface area contributed by atoms with Crippen molar-refractivity contribution in [2.75, 3.05) is 6.61 Å². The van der Waals surface area contributed by atoms with Crippen molar-refractivity contribution < 1.29 is 9.13 Å². The summed E-state index contributed by atoms with van der Waals surface area (Å²) < 4.78 is 19.7. The topological polar surface area (TPSA) is 35.0 Å². The molecular formula is C35H49FN2O. The lowest BCUT2D eigenvalue weighted by atomic mass is 10.0. The second kappa shape index (κ2) is 18.5. The number of rotatable bonds is 20. The Kier molecular flexibility index (Phi) is 14.6. The Morgan fingerprint density at radius 1 is 0.615 bits per heavy atom. The molecule has 1 atom stereocenters. The first-order valence-corrected chi connectivity index (χ1v) is 15.5. The Hall–Kier alpha value is -2.75. The number of nitrogens with zero attached hydrogens (tertiary/aromatic N) is 2. The highest BCUT2D eigenvalue weighted by atomic mass is 19.1. The molecule has 0 spiro atoms. The van der Waals surface area contributed by atoms with Crippen molar-refractivity contribution in [3.8, 4) is 28.3 Å². The van der Waals surface area contributed by atoms with Crippen molar-refractivity contribution in [2.24, 2.45) is 0 Å². The maximum Gasteiger partial charge on any atom is 0.159 e. The van der Waals surface area contributed by atoms with E-state index in [-0.39, 0.29) is 6.61 Å². The zero-order valence-corrected chi connectivity index (χ0v) is 24.3. The molecule has 0 aliphatic heterocycles. The Morgan fingerprint density at radius 2 is 1.15 bits per heavy atom. The molecule has 0 aliphatic rings. The molecule has 1 aromatic heterocycles. The van der Waals surface area contributed by atoms with E-state index in [1.54, 1.807) is 0 Å². The van der Waals surface area contributed by atoms with Crippen molar-refractivity contribution in [2.45, 2.75) is 116 Å². The standard InChI is InChI=1S/C35H49FN2O/c1-3-5-7-9-10-11-12-13-14-16-29-18-20-31(21-19-29)35-37-26-32(27-38-35)30-22-24-34(25-23-30)39-28-33(36)17-15-8-6-4-2/h18-27,33H,3-17,28H2,1-2H3. The molecule has 212 valence electrons. The van der Waals surface area contributed by atoms with Crippen LogP contribution in [0, 0.1) is 0 Å². The molecular weight excluding hydrogens is 483 g/mol. The van der Waals surface area contributed by atoms with Gasteiger partial charge in [0.05, 0.1) is 0 Å². The molecule has 4 heteroatoms. The Morgan fingerprint density at radius 3 is 1.77 bits per heavy atom. The van der Waals surface area contributed by atoms with Crippen LogP contribution in [0.2, 0.25) is 0 Å². The van der Waals surface area contributed by atoms with E-state index in [0.717, 1.165) is 41.8 Å². The average Bonchev–Trinajstić information content (AvgIpc) is 2.98. The van der Waals surface area contributed by atoms with E-state index in [9.17, 15) is 4.39 Å². The molecule has 0 N–H and O–H groups in total. The van der Waals surface area contributed by atoms with E-state index in [1.165, 1.54) is 76.2 Å². The number of aromatic nitrogens is 2. The van der Waals surface area contributed by atoms with Crippen LogP contribution in [0.25, 0.3) is 22.5 Å². The number of hydrogen-bond donors (Lipinski definition) is 0. The SMILES string of the molecule is CCCCCCCCCCCc1ccc(-c2ncc(-c3ccc(OCC(F)CCCCCC)cc3)cn2)cc1. The molecule has 1 heterocycles. The second-order valence-corrected chi connectivity index (χ2v) is 10.9. The van der Waals surface area contributed by atoms with Crippen LogP contribution in [-0.4, -0.2) is 22.7 Å². The van der Waals surface area contributed by atoms with Crippen molar-refractivity contribution >= 4 is 0 Å². The highest BCUT2D eigenvalue weighted by molar-refractivity contribution is 5.64. The van der Waals surface area contributed by atoms with Gasteiger partial charge in [-0.3, -0.25) is 0 Å². The van der Waals surface area contributed by atoms with Crippen LogP contribution in [-0.2, 0) is 6.42 Å². The number of hydrogen-bond acceptors (Lipinski definition) is 3. The summed E-state index contributed by atoms with van der Waals surface area (Å²) in [7, 11) is 0. The van der Waals surface area contributed by atoms with Gasteiger partial charge in [0.15, 0.2) is 5.82 Å². The Balaban J connectivity index is 1.39. The van der Waals surface area contributed by atoms with Crippen molar-refractivity contribution in [1.82, 2.24) is 9.97 Å². The molecule has 1 unspecified atom stereocenters. The van der Waals surface area contributed by atoms with Crippen LogP contribution >= 0.6 is 0 Å². The third kappa shape index (κ3) is 11.9. The van der Waals surface area contributed by atoms with Gasteiger partial charge >= 0.3 is 0 Å². The zero-order valence-electron chi connectivity index (χ0n) is 24.3. The maximum absolute atomic E-state index is 14.1. The molecule has 0 amide bonds. The first-order chi connectivity index (χ1) is 19.2. The smallest absolute Gasteiger partial charge is 0.159 e. The van der Waals surface area contributed by atoms with Gasteiger partial charge in [-0.1, -0.05) is 127 Å². The first kappa shape index (κ1) is 30.8. The normalized spacial score (nSPS) is 12.0. The molecule has 0 saturated heterocycles. The Bertz CT molecular complexity index is 1020. The lowest BCUT2D eigenvalue weighted by Crippen LogP contribution is -2.12. The summed E-state index contributed by atoms with van der Waals surface area (Å²) >= 11 is 0. The van der Waals surface area contributed by atoms with E-state index in [1.807, 2.05) is 36.7 Å². The van der Waals surface area contributed by atoms with Gasteiger partial charge in [0.2, 0.25) is 0 Å². The van der Waals surface area contributed by atoms with Crippen molar-refractivity contribution in [3.63, 3.8) is 0 Å². The number of benzene rings is 2. The van der Waals surface area contributed by atoms with Gasteiger partial charge in [-0.25, -0.2) is 14.4 Å². The summed E-state index contributed by atoms with van der Waals surface area (Å²) in [6, 6.07) is 16.4. The lowest BCUT2D eigenvalue weighted by Gasteiger charge is -2.11. The molecule has 39 heavy (non-hydrogen) atoms. The quantitative estimate of drug-likeness (QED) is 0.136. The van der Waals surface area contributed by atoms with Gasteiger partial charge in [-0.05, 0) is 42.5 Å². The van der Waals surface area contributed by atoms with E-state index in [2.05, 4.69) is 48.1 Å². The van der Waals surface area contributed by atoms with Crippen LogP contribution < -0.4 is 4.74 Å². The number of aryl methyl sites for hydroxylation is 1. The van der Waals surface area contributed by atoms with E-state index < -0.39 is 6.17 Å². The van der Waals surface area contributed by atoms with Crippen molar-refractivity contribution in [3.05, 3.63) is 66.5 Å². The summed E-state index contributed by atoms with van der Waals surface area (Å²) in [5.41, 5.74) is 4.39. The first-order valence-electron chi connectivity index (χ1n) is 15.5. The number of unbranched alkanes of at least 4 members (excludes halogenated alkanes) is 11. The minimum Gasteiger partial charge on any atom is -0.491 e. The molecule has 3 rings (SSSR count). The van der Waals surface area contributed by atoms with Gasteiger partial charge in [-0.15, -0.1) is 0 Å². The summed E-state index contributed by atoms with van der Waals surface area (Å²) in [4.78, 5) is 9.22. The fourth-order valence-electron chi connectivity index (χ4n) is 4.89. The highest BCUT2D eigenvalue weighted by Gasteiger charge is 2.08. The summed E-state index contributed by atoms with van der Waals surface area (Å²) in [6.45, 7) is 4.55. The predicted molar refractivity (Wildman–Crippen MR) is 163 cm³/mol. The van der Waals surface area contributed by atoms with E-state index >= 15 is 0 Å². The lowest BCUT2D eigenvalue weighted by molar-refractivity contribution is 0.184. The summed E-state index contributed by atoms with van der Waals surface area (Å²) in [5, 5.41) is 0. The van der Waals surface area contributed by atoms with Crippen LogP contribution in [0.15, 0.2) is 60.9 Å². The highest BCUT2D eigenvalue weighted by Crippen LogP contribution is 2.24. The predicted octanol–water partition coefficient (Wildman–Crippen LogP) is 10.6. The van der Waals surface area contributed by atoms with Crippen LogP contribution in [0.1, 0.15) is 109 Å². The fourth-order valence-corrected chi connectivity index (χ4v) is 4.89. The van der Waals surface area contributed by atoms with Crippen LogP contribution in [0.3, 0.4) is 0 Å². The zero-order chi connectivity index (χ0) is 27.5. The molecule has 0 fully saturated rings. The fraction of sp³-hybridized carbons (Fsp3) is 0.543. The molecule has 0 bridgehead atoms. The third-order valence-electron chi connectivity index (χ3n) is 7.42. The molecule has 3 nitrogen and oxygen atoms in total. The third-order valence-corrected chi connectivity index (χ3v) is 7.42. The van der Waals surface area contributed by atoms with Gasteiger partial charge < -0.3 is 4.74 Å². The van der Waals surface area contributed by atoms with E-state index in [0.29, 0.717) is 12.2 Å². The number of halogens is 1. The largest absolute Gasteiger partial charge is 0.491 e. The van der Waals surface area contributed by atoms with Gasteiger partial charge in [0, 0.05) is 23.5 Å². The molecule has 2 aromatic carbocycles. The average molecular weight is 533 g/mol. The molecule has 0 radical (unpaired) electrons. The van der Waals surface area contributed by atoms with Gasteiger partial charge in [0.25, 0.3) is 0 Å². The number of alkyl halides is 1. The Labute approximate surface area is 236 Å². The minimum atomic E-state index is -0.911. The van der Waals surface area contributed by atoms with Crippen LogP contribution in [0.5, 0.6) is 5.75 Å². The van der Waals surface area contributed by atoms with Gasteiger partial charge in [-0.2, -0.15) is 0 Å². The minimum absolute atomic E-state index is 0.112. The van der Waals surface area contributed by atoms with Gasteiger partial charge in [0.1, 0.15) is 18.5 Å². The van der Waals surface area contributed by atoms with Crippen molar-refractivity contribution in [1.29, 1.82) is 0 Å². The molecule has 3 aromatic rings. The second-order valence-electron chi connectivity index (χ2n) is 10.9. The monoisotopic (exact) mass is 532 g/mol. The molecule has 0 aliphatic carbocycles. The molecule has 0 saturated carbocycles.